The number of rotatable bonds is 9. The molecule has 0 amide bonds. The second kappa shape index (κ2) is 7.89. The van der Waals surface area contributed by atoms with E-state index in [-0.39, 0.29) is 30.0 Å². The van der Waals surface area contributed by atoms with Gasteiger partial charge in [0.1, 0.15) is 12.4 Å². The van der Waals surface area contributed by atoms with Gasteiger partial charge in [-0.3, -0.25) is 4.79 Å². The number of sulfonamides is 1. The van der Waals surface area contributed by atoms with E-state index in [1.807, 2.05) is 0 Å². The Balaban J connectivity index is 2.56. The van der Waals surface area contributed by atoms with Crippen LogP contribution in [0.1, 0.15) is 12.8 Å². The zero-order valence-corrected chi connectivity index (χ0v) is 11.8. The van der Waals surface area contributed by atoms with Crippen LogP contribution in [0.4, 0.5) is 8.78 Å². The summed E-state index contributed by atoms with van der Waals surface area (Å²) in [6, 6.07) is 4.99. The normalized spacial score (nSPS) is 11.6. The van der Waals surface area contributed by atoms with Crippen molar-refractivity contribution in [3.05, 3.63) is 24.3 Å². The van der Waals surface area contributed by atoms with Gasteiger partial charge in [-0.15, -0.1) is 0 Å². The lowest BCUT2D eigenvalue weighted by Gasteiger charge is -2.08. The van der Waals surface area contributed by atoms with E-state index in [1.165, 1.54) is 24.3 Å². The van der Waals surface area contributed by atoms with Crippen LogP contribution in [0.2, 0.25) is 0 Å². The second-order valence-corrected chi connectivity index (χ2v) is 5.84. The summed E-state index contributed by atoms with van der Waals surface area (Å²) in [5.74, 6) is -0.866. The molecule has 0 aliphatic rings. The summed E-state index contributed by atoms with van der Waals surface area (Å²) in [6.45, 7) is -0.766. The zero-order valence-electron chi connectivity index (χ0n) is 11.0. The third-order valence-corrected chi connectivity index (χ3v) is 3.85. The molecule has 0 heterocycles. The maximum absolute atomic E-state index is 11.9. The van der Waals surface area contributed by atoms with Gasteiger partial charge in [0.2, 0.25) is 10.0 Å². The third-order valence-electron chi connectivity index (χ3n) is 2.37. The summed E-state index contributed by atoms with van der Waals surface area (Å²) < 4.78 is 54.5. The van der Waals surface area contributed by atoms with Gasteiger partial charge in [-0.2, -0.15) is 0 Å². The summed E-state index contributed by atoms with van der Waals surface area (Å²) in [7, 11) is -3.75. The smallest absolute Gasteiger partial charge is 0.303 e. The molecule has 0 unspecified atom stereocenters. The topological polar surface area (TPSA) is 92.7 Å². The first-order valence-electron chi connectivity index (χ1n) is 6.04. The molecule has 0 spiro atoms. The number of hydrogen-bond donors (Lipinski definition) is 2. The van der Waals surface area contributed by atoms with Gasteiger partial charge < -0.3 is 9.84 Å². The number of carboxylic acids is 1. The summed E-state index contributed by atoms with van der Waals surface area (Å²) in [6.07, 6.45) is -2.57. The maximum atomic E-state index is 11.9. The van der Waals surface area contributed by atoms with Crippen molar-refractivity contribution in [2.45, 2.75) is 24.2 Å². The fourth-order valence-electron chi connectivity index (χ4n) is 1.40. The fraction of sp³-hybridized carbons (Fsp3) is 0.417. The van der Waals surface area contributed by atoms with Crippen LogP contribution in [0.3, 0.4) is 0 Å². The number of carbonyl (C=O) groups is 1. The molecule has 0 bridgehead atoms. The molecule has 0 aromatic heterocycles. The van der Waals surface area contributed by atoms with Crippen molar-refractivity contribution in [3.63, 3.8) is 0 Å². The monoisotopic (exact) mass is 323 g/mol. The van der Waals surface area contributed by atoms with Crippen LogP contribution >= 0.6 is 0 Å². The molecule has 0 fully saturated rings. The molecule has 1 aromatic rings. The van der Waals surface area contributed by atoms with E-state index in [1.54, 1.807) is 0 Å². The molecule has 1 rings (SSSR count). The number of aliphatic carboxylic acids is 1. The van der Waals surface area contributed by atoms with E-state index in [9.17, 15) is 22.0 Å². The molecule has 6 nitrogen and oxygen atoms in total. The van der Waals surface area contributed by atoms with Crippen LogP contribution in [-0.4, -0.2) is 39.1 Å². The molecule has 0 radical (unpaired) electrons. The molecule has 118 valence electrons. The van der Waals surface area contributed by atoms with Gasteiger partial charge in [0.05, 0.1) is 4.90 Å². The van der Waals surface area contributed by atoms with Crippen molar-refractivity contribution < 1.29 is 31.8 Å². The Kier molecular flexibility index (Phi) is 6.50. The fourth-order valence-corrected chi connectivity index (χ4v) is 2.48. The van der Waals surface area contributed by atoms with Crippen molar-refractivity contribution in [1.82, 2.24) is 4.72 Å². The molecule has 0 aliphatic carbocycles. The molecule has 0 atom stereocenters. The highest BCUT2D eigenvalue weighted by atomic mass is 32.2. The first-order valence-corrected chi connectivity index (χ1v) is 7.52. The second-order valence-electron chi connectivity index (χ2n) is 4.07. The van der Waals surface area contributed by atoms with Crippen molar-refractivity contribution >= 4 is 16.0 Å². The van der Waals surface area contributed by atoms with Crippen LogP contribution in [0.15, 0.2) is 29.2 Å². The summed E-state index contributed by atoms with van der Waals surface area (Å²) in [5.41, 5.74) is 0. The molecule has 9 heteroatoms. The number of benzene rings is 1. The SMILES string of the molecule is O=C(O)CCCNS(=O)(=O)c1ccc(OCC(F)F)cc1. The average molecular weight is 323 g/mol. The van der Waals surface area contributed by atoms with Gasteiger partial charge in [-0.1, -0.05) is 0 Å². The molecule has 0 saturated heterocycles. The number of nitrogens with one attached hydrogen (secondary N) is 1. The van der Waals surface area contributed by atoms with Crippen molar-refractivity contribution in [3.8, 4) is 5.75 Å². The highest BCUT2D eigenvalue weighted by Crippen LogP contribution is 2.16. The number of hydrogen-bond acceptors (Lipinski definition) is 4. The summed E-state index contributed by atoms with van der Waals surface area (Å²) in [5, 5.41) is 8.44. The predicted molar refractivity (Wildman–Crippen MR) is 70.0 cm³/mol. The van der Waals surface area contributed by atoms with Crippen LogP contribution in [0, 0.1) is 0 Å². The van der Waals surface area contributed by atoms with Crippen molar-refractivity contribution in [1.29, 1.82) is 0 Å². The van der Waals surface area contributed by atoms with Crippen LogP contribution in [0.25, 0.3) is 0 Å². The highest BCUT2D eigenvalue weighted by molar-refractivity contribution is 7.89. The Bertz CT molecular complexity index is 560. The lowest BCUT2D eigenvalue weighted by Crippen LogP contribution is -2.25. The lowest BCUT2D eigenvalue weighted by molar-refractivity contribution is -0.137. The molecular weight excluding hydrogens is 308 g/mol. The molecule has 1 aromatic carbocycles. The molecule has 0 saturated carbocycles. The third kappa shape index (κ3) is 6.50. The Morgan fingerprint density at radius 2 is 1.90 bits per heavy atom. The van der Waals surface area contributed by atoms with E-state index in [4.69, 9.17) is 9.84 Å². The minimum atomic E-state index is -3.75. The van der Waals surface area contributed by atoms with Gasteiger partial charge in [0.15, 0.2) is 0 Å². The largest absolute Gasteiger partial charge is 0.488 e. The van der Waals surface area contributed by atoms with E-state index in [0.29, 0.717) is 0 Å². The molecule has 2 N–H and O–H groups in total. The first kappa shape index (κ1) is 17.3. The van der Waals surface area contributed by atoms with Crippen LogP contribution in [0.5, 0.6) is 5.75 Å². The van der Waals surface area contributed by atoms with Crippen LogP contribution in [-0.2, 0) is 14.8 Å². The van der Waals surface area contributed by atoms with E-state index in [0.717, 1.165) is 0 Å². The Labute approximate surface area is 120 Å². The minimum Gasteiger partial charge on any atom is -0.488 e. The Hall–Kier alpha value is -1.74. The van der Waals surface area contributed by atoms with Gasteiger partial charge >= 0.3 is 5.97 Å². The summed E-state index contributed by atoms with van der Waals surface area (Å²) in [4.78, 5) is 10.2. The van der Waals surface area contributed by atoms with Gasteiger partial charge in [0.25, 0.3) is 6.43 Å². The van der Waals surface area contributed by atoms with Gasteiger partial charge in [0, 0.05) is 13.0 Å². The average Bonchev–Trinajstić information content (AvgIpc) is 2.41. The van der Waals surface area contributed by atoms with Crippen LogP contribution < -0.4 is 9.46 Å². The minimum absolute atomic E-state index is 0.00172. The summed E-state index contributed by atoms with van der Waals surface area (Å²) >= 11 is 0. The zero-order chi connectivity index (χ0) is 15.9. The number of ether oxygens (including phenoxy) is 1. The van der Waals surface area contributed by atoms with Gasteiger partial charge in [-0.05, 0) is 30.7 Å². The first-order chi connectivity index (χ1) is 9.81. The lowest BCUT2D eigenvalue weighted by atomic mass is 10.3. The van der Waals surface area contributed by atoms with E-state index >= 15 is 0 Å². The van der Waals surface area contributed by atoms with Crippen molar-refractivity contribution in [2.24, 2.45) is 0 Å². The molecule has 0 aliphatic heterocycles. The predicted octanol–water partition coefficient (Wildman–Crippen LogP) is 1.47. The highest BCUT2D eigenvalue weighted by Gasteiger charge is 2.13. The maximum Gasteiger partial charge on any atom is 0.303 e. The number of carboxylic acid groups (broad SMARTS) is 1. The number of halogens is 2. The van der Waals surface area contributed by atoms with Gasteiger partial charge in [-0.25, -0.2) is 21.9 Å². The van der Waals surface area contributed by atoms with E-state index in [2.05, 4.69) is 4.72 Å². The Morgan fingerprint density at radius 3 is 2.43 bits per heavy atom. The number of alkyl halides is 2. The molecule has 21 heavy (non-hydrogen) atoms. The standard InChI is InChI=1S/C12H15F2NO5S/c13-11(14)8-20-9-3-5-10(6-4-9)21(18,19)15-7-1-2-12(16)17/h3-6,11,15H,1-2,7-8H2,(H,16,17). The Morgan fingerprint density at radius 1 is 1.29 bits per heavy atom. The van der Waals surface area contributed by atoms with Crippen molar-refractivity contribution in [2.75, 3.05) is 13.2 Å². The quantitative estimate of drug-likeness (QED) is 0.671. The van der Waals surface area contributed by atoms with E-state index < -0.39 is 29.0 Å². The molecular formula is C12H15F2NO5S.